The first kappa shape index (κ1) is 47.0. The summed E-state index contributed by atoms with van der Waals surface area (Å²) in [4.78, 5) is 46.8. The molecule has 2 aromatic heterocycles. The minimum atomic E-state index is -3.64. The van der Waals surface area contributed by atoms with E-state index < -0.39 is 33.6 Å². The molecule has 1 aliphatic rings. The van der Waals surface area contributed by atoms with E-state index >= 15 is 0 Å². The number of hydrogen-bond donors (Lipinski definition) is 2. The van der Waals surface area contributed by atoms with Gasteiger partial charge < -0.3 is 20.5 Å². The fourth-order valence-electron chi connectivity index (χ4n) is 6.90. The number of anilines is 1. The van der Waals surface area contributed by atoms with Crippen molar-refractivity contribution in [2.45, 2.75) is 136 Å². The van der Waals surface area contributed by atoms with E-state index in [1.165, 1.54) is 16.4 Å². The molecule has 4 rings (SSSR count). The Morgan fingerprint density at radius 1 is 0.911 bits per heavy atom. The molecule has 2 amide bonds. The number of fused-ring (bicyclic) bond motifs is 1. The quantitative estimate of drug-likeness (QED) is 0.0825. The van der Waals surface area contributed by atoms with Crippen LogP contribution in [0.4, 0.5) is 10.2 Å². The number of nitrogens with one attached hydrogen (secondary N) is 2. The van der Waals surface area contributed by atoms with Crippen LogP contribution in [0.3, 0.4) is 0 Å². The van der Waals surface area contributed by atoms with Gasteiger partial charge in [-0.05, 0) is 108 Å². The first-order valence-corrected chi connectivity index (χ1v) is 21.6. The number of pyridine rings is 2. The summed E-state index contributed by atoms with van der Waals surface area (Å²) >= 11 is 0. The second kappa shape index (κ2) is 24.4. The van der Waals surface area contributed by atoms with Crippen LogP contribution in [0.15, 0.2) is 48.7 Å². The van der Waals surface area contributed by atoms with Gasteiger partial charge in [0.1, 0.15) is 11.5 Å². The monoisotopic (exact) mass is 801 g/mol. The van der Waals surface area contributed by atoms with Crippen molar-refractivity contribution < 1.29 is 61.9 Å². The average Bonchev–Trinajstić information content (AvgIpc) is 3.14. The van der Waals surface area contributed by atoms with Crippen molar-refractivity contribution in [3.63, 3.8) is 0 Å². The molecule has 1 aromatic carbocycles. The molecule has 0 radical (unpaired) electrons. The molecule has 56 heavy (non-hydrogen) atoms. The molecular weight excluding hydrogens is 745 g/mol. The Bertz CT molecular complexity index is 1890. The SMILES string of the molecule is CC(C)NC(=O)c1cc(F)ccc1CNC(=O)c1nc(N2CCCCS2(=O)=O)c2cccnc2c1CCCCCCCC/C=C\CCCCCCCC(=O)[O-].[Na+]. The summed E-state index contributed by atoms with van der Waals surface area (Å²) in [6, 6.07) is 7.24. The van der Waals surface area contributed by atoms with E-state index in [0.29, 0.717) is 47.7 Å². The Morgan fingerprint density at radius 2 is 1.57 bits per heavy atom. The maximum absolute atomic E-state index is 14.2. The van der Waals surface area contributed by atoms with E-state index in [1.54, 1.807) is 32.2 Å². The van der Waals surface area contributed by atoms with E-state index in [2.05, 4.69) is 27.8 Å². The molecule has 0 bridgehead atoms. The fourth-order valence-corrected chi connectivity index (χ4v) is 8.49. The molecule has 300 valence electrons. The number of aromatic nitrogens is 2. The van der Waals surface area contributed by atoms with Crippen molar-refractivity contribution in [1.82, 2.24) is 20.6 Å². The Hall–Kier alpha value is -3.39. The predicted molar refractivity (Wildman–Crippen MR) is 213 cm³/mol. The third-order valence-electron chi connectivity index (χ3n) is 9.78. The van der Waals surface area contributed by atoms with Crippen LogP contribution in [0.25, 0.3) is 10.9 Å². The molecule has 0 saturated carbocycles. The Labute approximate surface area is 354 Å². The molecule has 1 aliphatic heterocycles. The van der Waals surface area contributed by atoms with Gasteiger partial charge in [0.15, 0.2) is 5.82 Å². The van der Waals surface area contributed by atoms with E-state index in [-0.39, 0.29) is 77.9 Å². The number of benzene rings is 1. The van der Waals surface area contributed by atoms with Crippen molar-refractivity contribution in [3.8, 4) is 0 Å². The van der Waals surface area contributed by atoms with Gasteiger partial charge >= 0.3 is 29.6 Å². The van der Waals surface area contributed by atoms with Crippen LogP contribution in [0.2, 0.25) is 0 Å². The Morgan fingerprint density at radius 3 is 2.23 bits per heavy atom. The van der Waals surface area contributed by atoms with Gasteiger partial charge in [-0.15, -0.1) is 0 Å². The third kappa shape index (κ3) is 14.8. The zero-order valence-electron chi connectivity index (χ0n) is 33.4. The van der Waals surface area contributed by atoms with E-state index in [4.69, 9.17) is 4.98 Å². The summed E-state index contributed by atoms with van der Waals surface area (Å²) in [5.74, 6) is -2.32. The number of allylic oxidation sites excluding steroid dienone is 2. The van der Waals surface area contributed by atoms with Crippen LogP contribution in [-0.4, -0.2) is 54.5 Å². The smallest absolute Gasteiger partial charge is 0.550 e. The summed E-state index contributed by atoms with van der Waals surface area (Å²) in [5.41, 5.74) is 1.84. The van der Waals surface area contributed by atoms with E-state index in [9.17, 15) is 32.3 Å². The van der Waals surface area contributed by atoms with Crippen molar-refractivity contribution in [1.29, 1.82) is 0 Å². The Kier molecular flexibility index (Phi) is 20.5. The van der Waals surface area contributed by atoms with Crippen LogP contribution < -0.4 is 49.6 Å². The first-order chi connectivity index (χ1) is 26.5. The van der Waals surface area contributed by atoms with E-state index in [1.807, 2.05) is 0 Å². The van der Waals surface area contributed by atoms with E-state index in [0.717, 1.165) is 83.1 Å². The molecule has 2 N–H and O–H groups in total. The number of carbonyl (C=O) groups is 3. The van der Waals surface area contributed by atoms with Gasteiger partial charge in [0, 0.05) is 47.8 Å². The molecule has 3 heterocycles. The number of carboxylic acid groups (broad SMARTS) is 1. The van der Waals surface area contributed by atoms with Crippen molar-refractivity contribution >= 4 is 44.5 Å². The number of carboxylic acids is 1. The van der Waals surface area contributed by atoms with Gasteiger partial charge in [-0.25, -0.2) is 17.8 Å². The summed E-state index contributed by atoms with van der Waals surface area (Å²) < 4.78 is 42.0. The molecule has 0 spiro atoms. The van der Waals surface area contributed by atoms with Crippen LogP contribution in [-0.2, 0) is 27.8 Å². The number of aliphatic carboxylic acids is 1. The number of sulfonamides is 1. The average molecular weight is 802 g/mol. The van der Waals surface area contributed by atoms with Crippen LogP contribution in [0.1, 0.15) is 149 Å². The minimum Gasteiger partial charge on any atom is -0.550 e. The van der Waals surface area contributed by atoms with Crippen molar-refractivity contribution in [2.24, 2.45) is 0 Å². The van der Waals surface area contributed by atoms with Gasteiger partial charge in [-0.1, -0.05) is 63.2 Å². The van der Waals surface area contributed by atoms with Gasteiger partial charge in [-0.2, -0.15) is 0 Å². The molecule has 1 saturated heterocycles. The van der Waals surface area contributed by atoms with Crippen molar-refractivity contribution in [2.75, 3.05) is 16.6 Å². The number of amides is 2. The number of rotatable bonds is 23. The largest absolute Gasteiger partial charge is 1.00 e. The van der Waals surface area contributed by atoms with Gasteiger partial charge in [-0.3, -0.25) is 18.9 Å². The topological polar surface area (TPSA) is 161 Å². The standard InChI is InChI=1S/C42H58FN5O6S.Na/c1-31(2)46-41(51)36-29-33(43)25-24-32(36)30-45-42(52)39-34(38-35(22-20-26-44-38)40(47-39)48-27-18-19-28-55(48,53)54)21-16-14-12-10-8-6-4-3-5-7-9-11-13-15-17-23-37(49)50;/h3,5,20,22,24-26,29,31H,4,6-19,21,23,27-28,30H2,1-2H3,(H,45,52)(H,46,51)(H,49,50);/q;+1/p-1/b5-3-;. The maximum atomic E-state index is 14.2. The summed E-state index contributed by atoms with van der Waals surface area (Å²) in [5, 5.41) is 16.7. The summed E-state index contributed by atoms with van der Waals surface area (Å²) in [7, 11) is -3.64. The molecule has 0 atom stereocenters. The summed E-state index contributed by atoms with van der Waals surface area (Å²) in [6.07, 6.45) is 21.2. The molecule has 0 unspecified atom stereocenters. The normalized spacial score (nSPS) is 13.9. The number of carbonyl (C=O) groups excluding carboxylic acids is 3. The molecule has 1 fully saturated rings. The Balaban J connectivity index is 0.00000841. The van der Waals surface area contributed by atoms with Crippen LogP contribution in [0, 0.1) is 5.82 Å². The van der Waals surface area contributed by atoms with Gasteiger partial charge in [0.05, 0.1) is 11.3 Å². The first-order valence-electron chi connectivity index (χ1n) is 20.0. The molecule has 0 aliphatic carbocycles. The fraction of sp³-hybridized carbons (Fsp3) is 0.548. The molecule has 14 heteroatoms. The zero-order valence-corrected chi connectivity index (χ0v) is 36.2. The second-order valence-electron chi connectivity index (χ2n) is 14.7. The van der Waals surface area contributed by atoms with Gasteiger partial charge in [0.2, 0.25) is 10.0 Å². The minimum absolute atomic E-state index is 0. The zero-order chi connectivity index (χ0) is 39.6. The summed E-state index contributed by atoms with van der Waals surface area (Å²) in [6.45, 7) is 3.80. The number of unbranched alkanes of at least 4 members (excludes halogenated alkanes) is 11. The van der Waals surface area contributed by atoms with Crippen LogP contribution >= 0.6 is 0 Å². The van der Waals surface area contributed by atoms with Gasteiger partial charge in [0.25, 0.3) is 11.8 Å². The number of aryl methyl sites for hydroxylation is 1. The molecular formula is C42H57FN5NaO6S. The number of nitrogens with zero attached hydrogens (tertiary/aromatic N) is 3. The molecule has 11 nitrogen and oxygen atoms in total. The molecule has 3 aromatic rings. The maximum Gasteiger partial charge on any atom is 1.00 e. The van der Waals surface area contributed by atoms with Crippen LogP contribution in [0.5, 0.6) is 0 Å². The number of halogens is 1. The van der Waals surface area contributed by atoms with Crippen molar-refractivity contribution in [3.05, 3.63) is 76.9 Å². The third-order valence-corrected chi connectivity index (χ3v) is 11.6. The number of hydrogen-bond acceptors (Lipinski definition) is 8. The second-order valence-corrected chi connectivity index (χ2v) is 16.7. The predicted octanol–water partition coefficient (Wildman–Crippen LogP) is 4.08.